The van der Waals surface area contributed by atoms with Gasteiger partial charge in [-0.1, -0.05) is 41.4 Å². The molecule has 0 aliphatic rings. The number of nitrogens with two attached hydrogens (primary N) is 1. The van der Waals surface area contributed by atoms with Crippen LogP contribution in [0.3, 0.4) is 0 Å². The van der Waals surface area contributed by atoms with Gasteiger partial charge in [-0.25, -0.2) is 4.79 Å². The van der Waals surface area contributed by atoms with Crippen LogP contribution in [-0.2, 0) is 11.3 Å². The van der Waals surface area contributed by atoms with Crippen molar-refractivity contribution in [1.29, 1.82) is 0 Å². The molecule has 1 aromatic rings. The summed E-state index contributed by atoms with van der Waals surface area (Å²) in [6.07, 6.45) is 1.37. The Kier molecular flexibility index (Phi) is 11.4. The average Bonchev–Trinajstić information content (AvgIpc) is 2.53. The van der Waals surface area contributed by atoms with Gasteiger partial charge in [0.2, 0.25) is 5.91 Å². The van der Waals surface area contributed by atoms with Gasteiger partial charge < -0.3 is 21.7 Å². The van der Waals surface area contributed by atoms with Crippen LogP contribution in [0.1, 0.15) is 32.3 Å². The van der Waals surface area contributed by atoms with Gasteiger partial charge in [-0.15, -0.1) is 12.4 Å². The number of amides is 3. The first-order chi connectivity index (χ1) is 11.0. The molecule has 0 radical (unpaired) electrons. The molecule has 3 amide bonds. The van der Waals surface area contributed by atoms with Gasteiger partial charge in [-0.05, 0) is 31.0 Å². The second-order valence-electron chi connectivity index (χ2n) is 5.44. The quantitative estimate of drug-likeness (QED) is 0.518. The second kappa shape index (κ2) is 12.1. The third-order valence-corrected chi connectivity index (χ3v) is 3.84. The molecule has 1 aromatic carbocycles. The number of nitrogens with one attached hydrogen (secondary N) is 3. The summed E-state index contributed by atoms with van der Waals surface area (Å²) in [4.78, 5) is 24.1. The highest BCUT2D eigenvalue weighted by Gasteiger charge is 2.20. The predicted molar refractivity (Wildman–Crippen MR) is 102 cm³/mol. The van der Waals surface area contributed by atoms with Crippen LogP contribution in [-0.4, -0.2) is 30.6 Å². The number of urea groups is 1. The predicted octanol–water partition coefficient (Wildman–Crippen LogP) is 2.30. The minimum Gasteiger partial charge on any atom is -0.351 e. The topological polar surface area (TPSA) is 96.2 Å². The summed E-state index contributed by atoms with van der Waals surface area (Å²) in [5.74, 6) is -0.205. The molecule has 0 aliphatic carbocycles. The maximum atomic E-state index is 12.1. The lowest BCUT2D eigenvalue weighted by Gasteiger charge is -2.20. The molecule has 24 heavy (non-hydrogen) atoms. The molecule has 0 aliphatic heterocycles. The number of halogens is 2. The molecule has 0 fully saturated rings. The van der Waals surface area contributed by atoms with Crippen LogP contribution in [0.25, 0.3) is 0 Å². The summed E-state index contributed by atoms with van der Waals surface area (Å²) in [6.45, 7) is 4.56. The molecule has 1 rings (SSSR count). The molecule has 0 bridgehead atoms. The standard InChI is InChI=1S/C16H25BrN4O2.ClH/c1-3-4-14(15(22)20-11(2)9-18)21-16(23)19-10-12-5-7-13(17)8-6-12;/h5-8,11,14H,3-4,9-10,18H2,1-2H3,(H,20,22)(H2,19,21,23);1H/t11-,14?;/m0./s1. The Morgan fingerprint density at radius 1 is 1.21 bits per heavy atom. The van der Waals surface area contributed by atoms with Crippen LogP contribution in [0.4, 0.5) is 4.79 Å². The molecule has 1 unspecified atom stereocenters. The van der Waals surface area contributed by atoms with E-state index < -0.39 is 6.04 Å². The fourth-order valence-corrected chi connectivity index (χ4v) is 2.22. The van der Waals surface area contributed by atoms with Gasteiger partial charge in [0, 0.05) is 23.6 Å². The molecule has 2 atom stereocenters. The monoisotopic (exact) mass is 420 g/mol. The largest absolute Gasteiger partial charge is 0.351 e. The maximum Gasteiger partial charge on any atom is 0.315 e. The maximum absolute atomic E-state index is 12.1. The fraction of sp³-hybridized carbons (Fsp3) is 0.500. The first-order valence-electron chi connectivity index (χ1n) is 7.75. The van der Waals surface area contributed by atoms with Gasteiger partial charge >= 0.3 is 6.03 Å². The van der Waals surface area contributed by atoms with E-state index >= 15 is 0 Å². The van der Waals surface area contributed by atoms with Gasteiger partial charge in [0.05, 0.1) is 0 Å². The number of hydrogen-bond acceptors (Lipinski definition) is 3. The summed E-state index contributed by atoms with van der Waals surface area (Å²) in [5, 5.41) is 8.26. The molecule has 0 aromatic heterocycles. The van der Waals surface area contributed by atoms with Crippen LogP contribution < -0.4 is 21.7 Å². The van der Waals surface area contributed by atoms with Gasteiger partial charge in [-0.2, -0.15) is 0 Å². The normalized spacial score (nSPS) is 12.5. The first kappa shape index (κ1) is 22.7. The van der Waals surface area contributed by atoms with E-state index in [1.165, 1.54) is 0 Å². The van der Waals surface area contributed by atoms with Crippen molar-refractivity contribution in [3.05, 3.63) is 34.3 Å². The SMILES string of the molecule is CCCC(NC(=O)NCc1ccc(Br)cc1)C(=O)N[C@@H](C)CN.Cl. The van der Waals surface area contributed by atoms with Crippen LogP contribution in [0.5, 0.6) is 0 Å². The van der Waals surface area contributed by atoms with Crippen molar-refractivity contribution in [3.8, 4) is 0 Å². The van der Waals surface area contributed by atoms with E-state index in [9.17, 15) is 9.59 Å². The van der Waals surface area contributed by atoms with Crippen LogP contribution in [0.15, 0.2) is 28.7 Å². The van der Waals surface area contributed by atoms with Crippen LogP contribution in [0.2, 0.25) is 0 Å². The summed E-state index contributed by atoms with van der Waals surface area (Å²) in [6, 6.07) is 6.63. The van der Waals surface area contributed by atoms with Gasteiger partial charge in [0.15, 0.2) is 0 Å². The Balaban J connectivity index is 0.00000529. The highest BCUT2D eigenvalue weighted by molar-refractivity contribution is 9.10. The minimum atomic E-state index is -0.557. The lowest BCUT2D eigenvalue weighted by Crippen LogP contribution is -2.52. The molecule has 8 heteroatoms. The van der Waals surface area contributed by atoms with Crippen molar-refractivity contribution >= 4 is 40.3 Å². The third kappa shape index (κ3) is 8.52. The summed E-state index contributed by atoms with van der Waals surface area (Å²) in [7, 11) is 0. The van der Waals surface area contributed by atoms with Crippen LogP contribution in [0, 0.1) is 0 Å². The van der Waals surface area contributed by atoms with Gasteiger partial charge in [-0.3, -0.25) is 4.79 Å². The molecule has 5 N–H and O–H groups in total. The Bertz CT molecular complexity index is 513. The summed E-state index contributed by atoms with van der Waals surface area (Å²) < 4.78 is 0.986. The zero-order valence-electron chi connectivity index (χ0n) is 14.0. The van der Waals surface area contributed by atoms with E-state index in [4.69, 9.17) is 5.73 Å². The van der Waals surface area contributed by atoms with E-state index in [-0.39, 0.29) is 30.4 Å². The fourth-order valence-electron chi connectivity index (χ4n) is 1.95. The molecule has 0 spiro atoms. The van der Waals surface area contributed by atoms with Gasteiger partial charge in [0.25, 0.3) is 0 Å². The average molecular weight is 422 g/mol. The number of rotatable bonds is 8. The van der Waals surface area contributed by atoms with E-state index in [0.29, 0.717) is 19.5 Å². The lowest BCUT2D eigenvalue weighted by atomic mass is 10.1. The third-order valence-electron chi connectivity index (χ3n) is 3.31. The molecule has 0 saturated heterocycles. The molecule has 136 valence electrons. The number of benzene rings is 1. The number of carbonyl (C=O) groups excluding carboxylic acids is 2. The first-order valence-corrected chi connectivity index (χ1v) is 8.54. The van der Waals surface area contributed by atoms with Crippen molar-refractivity contribution in [1.82, 2.24) is 16.0 Å². The Morgan fingerprint density at radius 3 is 2.38 bits per heavy atom. The highest BCUT2D eigenvalue weighted by atomic mass is 79.9. The number of carbonyl (C=O) groups is 2. The molecular formula is C16H26BrClN4O2. The number of hydrogen-bond donors (Lipinski definition) is 4. The molecule has 0 saturated carbocycles. The Labute approximate surface area is 157 Å². The molecule has 0 heterocycles. The zero-order valence-corrected chi connectivity index (χ0v) is 16.4. The Morgan fingerprint density at radius 2 is 1.83 bits per heavy atom. The van der Waals surface area contributed by atoms with E-state index in [2.05, 4.69) is 31.9 Å². The highest BCUT2D eigenvalue weighted by Crippen LogP contribution is 2.10. The Hall–Kier alpha value is -1.31. The van der Waals surface area contributed by atoms with Gasteiger partial charge in [0.1, 0.15) is 6.04 Å². The molecule has 6 nitrogen and oxygen atoms in total. The lowest BCUT2D eigenvalue weighted by molar-refractivity contribution is -0.123. The van der Waals surface area contributed by atoms with E-state index in [1.807, 2.05) is 38.1 Å². The summed E-state index contributed by atoms with van der Waals surface area (Å²) in [5.41, 5.74) is 6.48. The van der Waals surface area contributed by atoms with Crippen molar-refractivity contribution in [2.24, 2.45) is 5.73 Å². The smallest absolute Gasteiger partial charge is 0.315 e. The van der Waals surface area contributed by atoms with Crippen molar-refractivity contribution in [2.75, 3.05) is 6.54 Å². The van der Waals surface area contributed by atoms with E-state index in [1.54, 1.807) is 0 Å². The van der Waals surface area contributed by atoms with Crippen molar-refractivity contribution in [2.45, 2.75) is 45.3 Å². The minimum absolute atomic E-state index is 0. The van der Waals surface area contributed by atoms with Crippen molar-refractivity contribution < 1.29 is 9.59 Å². The second-order valence-corrected chi connectivity index (χ2v) is 6.36. The van der Waals surface area contributed by atoms with Crippen LogP contribution >= 0.6 is 28.3 Å². The zero-order chi connectivity index (χ0) is 17.2. The summed E-state index contributed by atoms with van der Waals surface area (Å²) >= 11 is 3.36. The molecular weight excluding hydrogens is 396 g/mol. The van der Waals surface area contributed by atoms with Crippen molar-refractivity contribution in [3.63, 3.8) is 0 Å². The van der Waals surface area contributed by atoms with E-state index in [0.717, 1.165) is 16.5 Å².